The van der Waals surface area contributed by atoms with Crippen molar-refractivity contribution in [1.82, 2.24) is 5.32 Å². The second-order valence-electron chi connectivity index (χ2n) is 16.5. The van der Waals surface area contributed by atoms with Gasteiger partial charge in [0.15, 0.2) is 5.84 Å². The molecule has 5 heteroatoms. The molecule has 0 aliphatic carbocycles. The standard InChI is InChI=1S/C59H37N3O2/c1-2-13-39(14-3-1)57-60-58(62-59(61-57)50-20-11-23-53-56(50)48-18-8-9-21-51(48)63-53)47-33-32-43(45-16-6-7-17-46(45)47)37-25-27-38(28-26-37)44-19-10-22-52-55(44)49-31-30-42(35-54(49)64-52)41-29-24-36-12-4-5-15-40(36)34-41/h1-35,58H,(H,60,61,62). The molecule has 13 rings (SSSR count). The fraction of sp³-hybridized carbons (Fsp3) is 0.0169. The van der Waals surface area contributed by atoms with Gasteiger partial charge in [-0.3, -0.25) is 0 Å². The van der Waals surface area contributed by atoms with Crippen LogP contribution >= 0.6 is 0 Å². The Balaban J connectivity index is 0.874. The van der Waals surface area contributed by atoms with E-state index in [9.17, 15) is 0 Å². The Bertz CT molecular complexity index is 3880. The summed E-state index contributed by atoms with van der Waals surface area (Å²) in [5, 5.41) is 12.8. The zero-order chi connectivity index (χ0) is 42.1. The minimum atomic E-state index is -0.397. The third-order valence-corrected chi connectivity index (χ3v) is 12.8. The predicted octanol–water partition coefficient (Wildman–Crippen LogP) is 15.3. The van der Waals surface area contributed by atoms with E-state index in [2.05, 4.69) is 169 Å². The van der Waals surface area contributed by atoms with E-state index in [1.165, 1.54) is 16.3 Å². The van der Waals surface area contributed by atoms with Crippen LogP contribution in [-0.4, -0.2) is 11.7 Å². The second-order valence-corrected chi connectivity index (χ2v) is 16.5. The maximum atomic E-state index is 6.54. The molecule has 1 N–H and O–H groups in total. The number of para-hydroxylation sites is 1. The van der Waals surface area contributed by atoms with Crippen LogP contribution in [0.3, 0.4) is 0 Å². The van der Waals surface area contributed by atoms with Crippen molar-refractivity contribution >= 4 is 77.1 Å². The highest BCUT2D eigenvalue weighted by atomic mass is 16.3. The van der Waals surface area contributed by atoms with E-state index in [4.69, 9.17) is 18.8 Å². The van der Waals surface area contributed by atoms with Gasteiger partial charge in [-0.1, -0.05) is 176 Å². The minimum Gasteiger partial charge on any atom is -0.456 e. The number of benzene rings is 10. The van der Waals surface area contributed by atoms with E-state index in [1.807, 2.05) is 48.5 Å². The summed E-state index contributed by atoms with van der Waals surface area (Å²) in [7, 11) is 0. The molecule has 12 aromatic rings. The molecule has 1 unspecified atom stereocenters. The first kappa shape index (κ1) is 36.1. The van der Waals surface area contributed by atoms with Crippen molar-refractivity contribution in [2.24, 2.45) is 9.98 Å². The Kier molecular flexibility index (Phi) is 8.21. The molecule has 300 valence electrons. The lowest BCUT2D eigenvalue weighted by Gasteiger charge is -2.25. The van der Waals surface area contributed by atoms with Crippen LogP contribution in [0.5, 0.6) is 0 Å². The number of aliphatic imine (C=N–C) groups is 2. The zero-order valence-electron chi connectivity index (χ0n) is 34.5. The van der Waals surface area contributed by atoms with Crippen LogP contribution in [0.15, 0.2) is 231 Å². The average molecular weight is 820 g/mol. The molecule has 0 amide bonds. The van der Waals surface area contributed by atoms with Crippen molar-refractivity contribution in [3.05, 3.63) is 229 Å². The molecule has 2 aromatic heterocycles. The van der Waals surface area contributed by atoms with Gasteiger partial charge in [-0.15, -0.1) is 0 Å². The molecule has 3 heterocycles. The van der Waals surface area contributed by atoms with Crippen molar-refractivity contribution in [2.75, 3.05) is 0 Å². The predicted molar refractivity (Wildman–Crippen MR) is 264 cm³/mol. The first-order valence-electron chi connectivity index (χ1n) is 21.7. The van der Waals surface area contributed by atoms with Crippen molar-refractivity contribution in [1.29, 1.82) is 0 Å². The highest BCUT2D eigenvalue weighted by Gasteiger charge is 2.25. The summed E-state index contributed by atoms with van der Waals surface area (Å²) in [6.45, 7) is 0. The first-order chi connectivity index (χ1) is 31.7. The number of furan rings is 2. The number of fused-ring (bicyclic) bond motifs is 8. The van der Waals surface area contributed by atoms with Crippen molar-refractivity contribution in [2.45, 2.75) is 6.17 Å². The molecular formula is C59H37N3O2. The van der Waals surface area contributed by atoms with Gasteiger partial charge in [-0.25, -0.2) is 9.98 Å². The van der Waals surface area contributed by atoms with Crippen LogP contribution in [-0.2, 0) is 0 Å². The molecule has 1 aliphatic heterocycles. The fourth-order valence-electron chi connectivity index (χ4n) is 9.69. The lowest BCUT2D eigenvalue weighted by molar-refractivity contribution is 0.668. The van der Waals surface area contributed by atoms with Crippen LogP contribution in [0.25, 0.3) is 98.8 Å². The summed E-state index contributed by atoms with van der Waals surface area (Å²) in [6, 6.07) is 74.7. The van der Waals surface area contributed by atoms with Crippen molar-refractivity contribution < 1.29 is 8.83 Å². The largest absolute Gasteiger partial charge is 0.456 e. The lowest BCUT2D eigenvalue weighted by Crippen LogP contribution is -2.33. The SMILES string of the molecule is c1ccc(C2=NC(c3cccc4oc5ccccc5c34)=NC(c3ccc(-c4ccc(-c5cccc6oc7cc(-c8ccc9ccccc9c8)ccc7c56)cc4)c4ccccc34)N2)cc1. The van der Waals surface area contributed by atoms with Gasteiger partial charge in [0.25, 0.3) is 0 Å². The monoisotopic (exact) mass is 819 g/mol. The number of rotatable bonds is 6. The van der Waals surface area contributed by atoms with Gasteiger partial charge in [0.2, 0.25) is 0 Å². The van der Waals surface area contributed by atoms with Crippen molar-refractivity contribution in [3.8, 4) is 33.4 Å². The number of nitrogens with zero attached hydrogens (tertiary/aromatic N) is 2. The molecule has 1 atom stereocenters. The molecule has 0 saturated heterocycles. The van der Waals surface area contributed by atoms with Gasteiger partial charge in [-0.2, -0.15) is 0 Å². The molecule has 10 aromatic carbocycles. The van der Waals surface area contributed by atoms with E-state index >= 15 is 0 Å². The van der Waals surface area contributed by atoms with Crippen LogP contribution < -0.4 is 5.32 Å². The summed E-state index contributed by atoms with van der Waals surface area (Å²) in [5.74, 6) is 1.43. The van der Waals surface area contributed by atoms with E-state index in [1.54, 1.807) is 0 Å². The van der Waals surface area contributed by atoms with Gasteiger partial charge >= 0.3 is 0 Å². The van der Waals surface area contributed by atoms with E-state index < -0.39 is 6.17 Å². The Morgan fingerprint density at radius 1 is 0.359 bits per heavy atom. The molecule has 0 saturated carbocycles. The number of nitrogens with one attached hydrogen (secondary N) is 1. The average Bonchev–Trinajstić information content (AvgIpc) is 3.94. The third kappa shape index (κ3) is 5.93. The zero-order valence-corrected chi connectivity index (χ0v) is 34.5. The summed E-state index contributed by atoms with van der Waals surface area (Å²) in [5.41, 5.74) is 13.3. The summed E-state index contributed by atoms with van der Waals surface area (Å²) in [6.07, 6.45) is -0.397. The van der Waals surface area contributed by atoms with Gasteiger partial charge in [-0.05, 0) is 91.3 Å². The second kappa shape index (κ2) is 14.5. The van der Waals surface area contributed by atoms with E-state index in [0.717, 1.165) is 105 Å². The molecule has 1 aliphatic rings. The number of hydrogen-bond donors (Lipinski definition) is 1. The third-order valence-electron chi connectivity index (χ3n) is 12.8. The smallest absolute Gasteiger partial charge is 0.160 e. The molecular weight excluding hydrogens is 783 g/mol. The Labute approximate surface area is 368 Å². The fourth-order valence-corrected chi connectivity index (χ4v) is 9.69. The van der Waals surface area contributed by atoms with Crippen LogP contribution in [0.4, 0.5) is 0 Å². The van der Waals surface area contributed by atoms with E-state index in [0.29, 0.717) is 5.84 Å². The quantitative estimate of drug-likeness (QED) is 0.182. The molecule has 0 fully saturated rings. The number of amidine groups is 2. The number of hydrogen-bond acceptors (Lipinski definition) is 5. The first-order valence-corrected chi connectivity index (χ1v) is 21.7. The highest BCUT2D eigenvalue weighted by molar-refractivity contribution is 6.22. The molecule has 0 spiro atoms. The van der Waals surface area contributed by atoms with Gasteiger partial charge < -0.3 is 14.2 Å². The van der Waals surface area contributed by atoms with Gasteiger partial charge in [0, 0.05) is 38.2 Å². The lowest BCUT2D eigenvalue weighted by atomic mass is 9.92. The van der Waals surface area contributed by atoms with Crippen LogP contribution in [0.1, 0.15) is 22.9 Å². The summed E-state index contributed by atoms with van der Waals surface area (Å²) >= 11 is 0. The highest BCUT2D eigenvalue weighted by Crippen LogP contribution is 2.41. The normalized spacial score (nSPS) is 14.1. The topological polar surface area (TPSA) is 63.0 Å². The minimum absolute atomic E-state index is 0.397. The summed E-state index contributed by atoms with van der Waals surface area (Å²) in [4.78, 5) is 10.6. The molecule has 0 radical (unpaired) electrons. The van der Waals surface area contributed by atoms with Crippen molar-refractivity contribution in [3.63, 3.8) is 0 Å². The van der Waals surface area contributed by atoms with Crippen LogP contribution in [0, 0.1) is 0 Å². The maximum absolute atomic E-state index is 6.54. The maximum Gasteiger partial charge on any atom is 0.160 e. The summed E-state index contributed by atoms with van der Waals surface area (Å²) < 4.78 is 12.8. The Morgan fingerprint density at radius 3 is 1.78 bits per heavy atom. The van der Waals surface area contributed by atoms with Crippen LogP contribution in [0.2, 0.25) is 0 Å². The molecule has 0 bridgehead atoms. The molecule has 5 nitrogen and oxygen atoms in total. The Hall–Kier alpha value is -8.54. The van der Waals surface area contributed by atoms with Gasteiger partial charge in [0.1, 0.15) is 34.3 Å². The molecule has 64 heavy (non-hydrogen) atoms. The van der Waals surface area contributed by atoms with E-state index in [-0.39, 0.29) is 0 Å². The Morgan fingerprint density at radius 2 is 0.953 bits per heavy atom. The van der Waals surface area contributed by atoms with Gasteiger partial charge in [0.05, 0.1) is 0 Å².